The van der Waals surface area contributed by atoms with Crippen LogP contribution in [0.25, 0.3) is 0 Å². The van der Waals surface area contributed by atoms with Crippen molar-refractivity contribution in [3.8, 4) is 5.75 Å². The van der Waals surface area contributed by atoms with E-state index in [1.807, 2.05) is 36.4 Å². The smallest absolute Gasteiger partial charge is 0.243 e. The van der Waals surface area contributed by atoms with E-state index in [9.17, 15) is 10.0 Å². The molecule has 110 valence electrons. The number of hydrogen-bond donors (Lipinski definition) is 1. The lowest BCUT2D eigenvalue weighted by molar-refractivity contribution is -0.172. The molecule has 2 rings (SSSR count). The Balaban J connectivity index is 1.97. The van der Waals surface area contributed by atoms with E-state index >= 15 is 0 Å². The first-order valence-corrected chi connectivity index (χ1v) is 6.68. The van der Waals surface area contributed by atoms with Crippen LogP contribution in [0.5, 0.6) is 5.75 Å². The molecule has 0 radical (unpaired) electrons. The Morgan fingerprint density at radius 3 is 2.43 bits per heavy atom. The lowest BCUT2D eigenvalue weighted by Gasteiger charge is -2.21. The van der Waals surface area contributed by atoms with Crippen LogP contribution in [0.3, 0.4) is 0 Å². The number of pyridine rings is 1. The van der Waals surface area contributed by atoms with Crippen LogP contribution in [0.2, 0.25) is 0 Å². The lowest BCUT2D eigenvalue weighted by Crippen LogP contribution is -2.27. The van der Waals surface area contributed by atoms with Gasteiger partial charge in [-0.05, 0) is 42.3 Å². The Morgan fingerprint density at radius 2 is 1.86 bits per heavy atom. The highest BCUT2D eigenvalue weighted by atomic mass is 16.5. The molecule has 5 nitrogen and oxygen atoms in total. The van der Waals surface area contributed by atoms with Crippen molar-refractivity contribution in [1.29, 1.82) is 0 Å². The van der Waals surface area contributed by atoms with Crippen molar-refractivity contribution >= 4 is 5.91 Å². The van der Waals surface area contributed by atoms with Crippen LogP contribution in [0.4, 0.5) is 0 Å². The minimum atomic E-state index is -0.392. The highest BCUT2D eigenvalue weighted by Gasteiger charge is 2.15. The molecular formula is C16H18N2O3. The standard InChI is InChI=1S/C16H18N2O3/c1-12(18(20)13(2)19)15-3-5-16(6-4-15)21-11-14-7-9-17-10-8-14/h3-10,12,20H,11H2,1-2H3. The number of rotatable bonds is 5. The summed E-state index contributed by atoms with van der Waals surface area (Å²) in [5, 5.41) is 10.3. The molecule has 21 heavy (non-hydrogen) atoms. The number of hydrogen-bond acceptors (Lipinski definition) is 4. The second-order valence-corrected chi connectivity index (χ2v) is 4.75. The van der Waals surface area contributed by atoms with E-state index in [1.54, 1.807) is 19.3 Å². The number of carbonyl (C=O) groups is 1. The van der Waals surface area contributed by atoms with Gasteiger partial charge in [-0.15, -0.1) is 0 Å². The Kier molecular flexibility index (Phi) is 4.90. The third-order valence-corrected chi connectivity index (χ3v) is 3.21. The van der Waals surface area contributed by atoms with Gasteiger partial charge in [-0.1, -0.05) is 12.1 Å². The van der Waals surface area contributed by atoms with Crippen molar-refractivity contribution in [1.82, 2.24) is 10.0 Å². The molecule has 0 fully saturated rings. The topological polar surface area (TPSA) is 62.7 Å². The van der Waals surface area contributed by atoms with Crippen LogP contribution in [-0.4, -0.2) is 21.2 Å². The molecule has 0 spiro atoms. The number of benzene rings is 1. The van der Waals surface area contributed by atoms with Crippen LogP contribution < -0.4 is 4.74 Å². The van der Waals surface area contributed by atoms with Crippen LogP contribution in [-0.2, 0) is 11.4 Å². The molecule has 0 saturated carbocycles. The second-order valence-electron chi connectivity index (χ2n) is 4.75. The molecule has 1 unspecified atom stereocenters. The second kappa shape index (κ2) is 6.85. The van der Waals surface area contributed by atoms with E-state index < -0.39 is 6.04 Å². The maximum Gasteiger partial charge on any atom is 0.243 e. The van der Waals surface area contributed by atoms with Gasteiger partial charge < -0.3 is 4.74 Å². The molecule has 1 heterocycles. The summed E-state index contributed by atoms with van der Waals surface area (Å²) in [7, 11) is 0. The van der Waals surface area contributed by atoms with Gasteiger partial charge in [0.15, 0.2) is 0 Å². The summed E-state index contributed by atoms with van der Waals surface area (Å²) in [5.74, 6) is 0.343. The summed E-state index contributed by atoms with van der Waals surface area (Å²) in [4.78, 5) is 15.1. The monoisotopic (exact) mass is 286 g/mol. The van der Waals surface area contributed by atoms with Gasteiger partial charge in [-0.3, -0.25) is 15.0 Å². The number of amides is 1. The van der Waals surface area contributed by atoms with Crippen LogP contribution in [0, 0.1) is 0 Å². The molecular weight excluding hydrogens is 268 g/mol. The molecule has 2 aromatic rings. The summed E-state index contributed by atoms with van der Waals surface area (Å²) < 4.78 is 5.66. The number of hydroxylamine groups is 2. The van der Waals surface area contributed by atoms with Gasteiger partial charge in [0.05, 0.1) is 6.04 Å². The minimum absolute atomic E-state index is 0.388. The molecule has 1 atom stereocenters. The Bertz CT molecular complexity index is 584. The van der Waals surface area contributed by atoms with Gasteiger partial charge in [0.1, 0.15) is 12.4 Å². The zero-order chi connectivity index (χ0) is 15.2. The molecule has 0 saturated heterocycles. The molecule has 5 heteroatoms. The summed E-state index contributed by atoms with van der Waals surface area (Å²) in [5.41, 5.74) is 1.88. The Hall–Kier alpha value is -2.40. The van der Waals surface area contributed by atoms with Crippen molar-refractivity contribution in [3.63, 3.8) is 0 Å². The van der Waals surface area contributed by atoms with Crippen LogP contribution in [0.1, 0.15) is 31.0 Å². The summed E-state index contributed by atoms with van der Waals surface area (Å²) >= 11 is 0. The zero-order valence-corrected chi connectivity index (χ0v) is 12.1. The molecule has 0 aliphatic heterocycles. The number of nitrogens with zero attached hydrogens (tertiary/aromatic N) is 2. The number of ether oxygens (including phenoxy) is 1. The van der Waals surface area contributed by atoms with Crippen molar-refractivity contribution in [3.05, 3.63) is 59.9 Å². The van der Waals surface area contributed by atoms with E-state index in [4.69, 9.17) is 4.74 Å². The largest absolute Gasteiger partial charge is 0.489 e. The molecule has 0 bridgehead atoms. The predicted molar refractivity (Wildman–Crippen MR) is 77.7 cm³/mol. The molecule has 1 amide bonds. The highest BCUT2D eigenvalue weighted by molar-refractivity contribution is 5.72. The average Bonchev–Trinajstić information content (AvgIpc) is 2.53. The maximum absolute atomic E-state index is 11.1. The van der Waals surface area contributed by atoms with Crippen molar-refractivity contribution < 1.29 is 14.7 Å². The summed E-state index contributed by atoms with van der Waals surface area (Å²) in [6.07, 6.45) is 3.45. The SMILES string of the molecule is CC(=O)N(O)C(C)c1ccc(OCc2ccncc2)cc1. The number of carbonyl (C=O) groups excluding carboxylic acids is 1. The average molecular weight is 286 g/mol. The quantitative estimate of drug-likeness (QED) is 0.678. The first kappa shape index (κ1) is 15.0. The molecule has 0 aliphatic carbocycles. The highest BCUT2D eigenvalue weighted by Crippen LogP contribution is 2.22. The van der Waals surface area contributed by atoms with Gasteiger partial charge in [-0.2, -0.15) is 0 Å². The van der Waals surface area contributed by atoms with Crippen molar-refractivity contribution in [2.45, 2.75) is 26.5 Å². The summed E-state index contributed by atoms with van der Waals surface area (Å²) in [6.45, 7) is 3.55. The maximum atomic E-state index is 11.1. The fraction of sp³-hybridized carbons (Fsp3) is 0.250. The van der Waals surface area contributed by atoms with Crippen molar-refractivity contribution in [2.75, 3.05) is 0 Å². The third-order valence-electron chi connectivity index (χ3n) is 3.21. The van der Waals surface area contributed by atoms with E-state index in [0.717, 1.165) is 16.9 Å². The van der Waals surface area contributed by atoms with E-state index in [1.165, 1.54) is 6.92 Å². The fourth-order valence-corrected chi connectivity index (χ4v) is 1.90. The molecule has 1 aromatic heterocycles. The third kappa shape index (κ3) is 4.03. The van der Waals surface area contributed by atoms with E-state index in [2.05, 4.69) is 4.98 Å². The number of aromatic nitrogens is 1. The minimum Gasteiger partial charge on any atom is -0.489 e. The zero-order valence-electron chi connectivity index (χ0n) is 12.1. The molecule has 1 aromatic carbocycles. The van der Waals surface area contributed by atoms with Gasteiger partial charge in [-0.25, -0.2) is 5.06 Å². The van der Waals surface area contributed by atoms with Crippen molar-refractivity contribution in [2.24, 2.45) is 0 Å². The van der Waals surface area contributed by atoms with Gasteiger partial charge in [0.25, 0.3) is 0 Å². The van der Waals surface area contributed by atoms with Crippen LogP contribution in [0.15, 0.2) is 48.8 Å². The van der Waals surface area contributed by atoms with Gasteiger partial charge >= 0.3 is 0 Å². The first-order valence-electron chi connectivity index (χ1n) is 6.68. The first-order chi connectivity index (χ1) is 10.1. The van der Waals surface area contributed by atoms with Gasteiger partial charge in [0, 0.05) is 19.3 Å². The Labute approximate surface area is 123 Å². The van der Waals surface area contributed by atoms with Gasteiger partial charge in [0.2, 0.25) is 5.91 Å². The van der Waals surface area contributed by atoms with E-state index in [0.29, 0.717) is 11.7 Å². The van der Waals surface area contributed by atoms with E-state index in [-0.39, 0.29) is 5.91 Å². The fourth-order valence-electron chi connectivity index (χ4n) is 1.90. The molecule has 0 aliphatic rings. The Morgan fingerprint density at radius 1 is 1.24 bits per heavy atom. The normalized spacial score (nSPS) is 11.8. The summed E-state index contributed by atoms with van der Waals surface area (Å²) in [6, 6.07) is 10.7. The lowest BCUT2D eigenvalue weighted by atomic mass is 10.1. The van der Waals surface area contributed by atoms with Crippen LogP contribution >= 0.6 is 0 Å². The molecule has 1 N–H and O–H groups in total. The predicted octanol–water partition coefficient (Wildman–Crippen LogP) is 2.96.